The molecule has 0 aromatic heterocycles. The van der Waals surface area contributed by atoms with Crippen LogP contribution in [0.3, 0.4) is 0 Å². The predicted octanol–water partition coefficient (Wildman–Crippen LogP) is 2.59. The second-order valence-electron chi connectivity index (χ2n) is 5.35. The normalized spacial score (nSPS) is 24.3. The van der Waals surface area contributed by atoms with Crippen LogP contribution in [0.15, 0.2) is 18.2 Å². The highest BCUT2D eigenvalue weighted by Crippen LogP contribution is 2.38. The summed E-state index contributed by atoms with van der Waals surface area (Å²) in [5.74, 6) is -0.432. The zero-order valence-corrected chi connectivity index (χ0v) is 10.7. The van der Waals surface area contributed by atoms with Gasteiger partial charge < -0.3 is 10.0 Å². The fourth-order valence-electron chi connectivity index (χ4n) is 2.30. The van der Waals surface area contributed by atoms with Gasteiger partial charge in [0.05, 0.1) is 6.10 Å². The zero-order valence-electron chi connectivity index (χ0n) is 10.7. The first-order valence-corrected chi connectivity index (χ1v) is 6.29. The Hall–Kier alpha value is -1.00. The van der Waals surface area contributed by atoms with Crippen LogP contribution in [0.4, 0.5) is 8.78 Å². The van der Waals surface area contributed by atoms with Crippen LogP contribution in [0.2, 0.25) is 0 Å². The molecule has 1 aliphatic carbocycles. The topological polar surface area (TPSA) is 23.5 Å². The largest absolute Gasteiger partial charge is 0.387 e. The molecule has 2 rings (SSSR count). The van der Waals surface area contributed by atoms with E-state index in [0.29, 0.717) is 12.5 Å². The highest BCUT2D eigenvalue weighted by atomic mass is 19.2. The smallest absolute Gasteiger partial charge is 0.164 e. The van der Waals surface area contributed by atoms with Crippen molar-refractivity contribution in [1.29, 1.82) is 0 Å². The van der Waals surface area contributed by atoms with Crippen molar-refractivity contribution in [2.75, 3.05) is 20.1 Å². The number of aliphatic hydroxyl groups excluding tert-OH is 1. The Labute approximate surface area is 106 Å². The minimum absolute atomic E-state index is 0.0331. The van der Waals surface area contributed by atoms with Crippen molar-refractivity contribution in [1.82, 2.24) is 4.90 Å². The molecule has 1 N–H and O–H groups in total. The molecule has 1 aromatic carbocycles. The minimum Gasteiger partial charge on any atom is -0.387 e. The summed E-state index contributed by atoms with van der Waals surface area (Å²) in [6.07, 6.45) is 0.231. The average molecular weight is 255 g/mol. The number of hydrogen-bond acceptors (Lipinski definition) is 2. The van der Waals surface area contributed by atoms with Gasteiger partial charge in [-0.25, -0.2) is 8.78 Å². The van der Waals surface area contributed by atoms with E-state index < -0.39 is 17.7 Å². The minimum atomic E-state index is -0.986. The Balaban J connectivity index is 1.94. The van der Waals surface area contributed by atoms with Crippen LogP contribution in [0.1, 0.15) is 25.0 Å². The van der Waals surface area contributed by atoms with E-state index in [-0.39, 0.29) is 5.56 Å². The van der Waals surface area contributed by atoms with Gasteiger partial charge in [-0.3, -0.25) is 0 Å². The van der Waals surface area contributed by atoms with Crippen LogP contribution in [0.25, 0.3) is 0 Å². The van der Waals surface area contributed by atoms with E-state index in [1.807, 2.05) is 11.9 Å². The maximum atomic E-state index is 13.5. The molecular formula is C14H19F2NO. The Morgan fingerprint density at radius 1 is 1.44 bits per heavy atom. The highest BCUT2D eigenvalue weighted by Gasteiger charge is 2.33. The van der Waals surface area contributed by atoms with Crippen molar-refractivity contribution in [2.45, 2.75) is 19.4 Å². The van der Waals surface area contributed by atoms with Gasteiger partial charge in [0.1, 0.15) is 0 Å². The second kappa shape index (κ2) is 5.33. The van der Waals surface area contributed by atoms with Gasteiger partial charge >= 0.3 is 0 Å². The molecule has 0 spiro atoms. The molecule has 0 heterocycles. The second-order valence-corrected chi connectivity index (χ2v) is 5.35. The van der Waals surface area contributed by atoms with Crippen molar-refractivity contribution >= 4 is 0 Å². The maximum Gasteiger partial charge on any atom is 0.164 e. The Bertz CT molecular complexity index is 424. The van der Waals surface area contributed by atoms with Crippen molar-refractivity contribution in [3.8, 4) is 0 Å². The first-order valence-electron chi connectivity index (χ1n) is 6.29. The fraction of sp³-hybridized carbons (Fsp3) is 0.571. The molecular weight excluding hydrogens is 236 g/mol. The molecule has 1 saturated carbocycles. The van der Waals surface area contributed by atoms with E-state index in [0.717, 1.165) is 18.5 Å². The number of halogens is 2. The number of likely N-dealkylation sites (N-methyl/N-ethyl adjacent to an activating group) is 1. The van der Waals surface area contributed by atoms with E-state index in [2.05, 4.69) is 6.92 Å². The summed E-state index contributed by atoms with van der Waals surface area (Å²) < 4.78 is 26.5. The van der Waals surface area contributed by atoms with Crippen molar-refractivity contribution in [3.63, 3.8) is 0 Å². The van der Waals surface area contributed by atoms with Gasteiger partial charge in [-0.1, -0.05) is 19.1 Å². The third kappa shape index (κ3) is 3.06. The summed E-state index contributed by atoms with van der Waals surface area (Å²) in [6.45, 7) is 3.42. The molecule has 18 heavy (non-hydrogen) atoms. The van der Waals surface area contributed by atoms with E-state index in [9.17, 15) is 13.9 Å². The summed E-state index contributed by atoms with van der Waals surface area (Å²) in [4.78, 5) is 1.98. The maximum absolute atomic E-state index is 13.5. The molecule has 1 aliphatic rings. The van der Waals surface area contributed by atoms with Gasteiger partial charge in [-0.05, 0) is 31.4 Å². The van der Waals surface area contributed by atoms with Gasteiger partial charge in [0, 0.05) is 18.7 Å². The fourth-order valence-corrected chi connectivity index (χ4v) is 2.30. The average Bonchev–Trinajstić information content (AvgIpc) is 2.97. The molecule has 0 bridgehead atoms. The van der Waals surface area contributed by atoms with Crippen LogP contribution in [-0.2, 0) is 0 Å². The number of benzene rings is 1. The molecule has 3 atom stereocenters. The molecule has 0 aliphatic heterocycles. The summed E-state index contributed by atoms with van der Waals surface area (Å²) in [5, 5.41) is 9.95. The lowest BCUT2D eigenvalue weighted by atomic mass is 10.1. The van der Waals surface area contributed by atoms with Crippen LogP contribution in [-0.4, -0.2) is 30.1 Å². The van der Waals surface area contributed by atoms with Gasteiger partial charge in [-0.2, -0.15) is 0 Å². The Morgan fingerprint density at radius 2 is 2.11 bits per heavy atom. The molecule has 100 valence electrons. The van der Waals surface area contributed by atoms with Crippen molar-refractivity contribution in [2.24, 2.45) is 11.8 Å². The van der Waals surface area contributed by atoms with Gasteiger partial charge in [0.15, 0.2) is 11.6 Å². The van der Waals surface area contributed by atoms with Gasteiger partial charge in [-0.15, -0.1) is 0 Å². The molecule has 0 radical (unpaired) electrons. The Kier molecular flexibility index (Phi) is 3.97. The SMILES string of the molecule is CC1CC1CN(C)CC(O)c1cccc(F)c1F. The summed E-state index contributed by atoms with van der Waals surface area (Å²) in [5.41, 5.74) is 0.0331. The summed E-state index contributed by atoms with van der Waals surface area (Å²) >= 11 is 0. The first kappa shape index (κ1) is 13.4. The number of aliphatic hydroxyl groups is 1. The van der Waals surface area contributed by atoms with Crippen LogP contribution in [0.5, 0.6) is 0 Å². The molecule has 1 aromatic rings. The lowest BCUT2D eigenvalue weighted by Crippen LogP contribution is -2.27. The standard InChI is InChI=1S/C14H19F2NO/c1-9-6-10(9)7-17(2)8-13(18)11-4-3-5-12(15)14(11)16/h3-5,9-10,13,18H,6-8H2,1-2H3. The van der Waals surface area contributed by atoms with Crippen LogP contribution >= 0.6 is 0 Å². The molecule has 0 saturated heterocycles. The number of nitrogens with zero attached hydrogens (tertiary/aromatic N) is 1. The van der Waals surface area contributed by atoms with E-state index in [1.54, 1.807) is 0 Å². The van der Waals surface area contributed by atoms with Crippen LogP contribution in [0, 0.1) is 23.5 Å². The van der Waals surface area contributed by atoms with E-state index in [4.69, 9.17) is 0 Å². The molecule has 4 heteroatoms. The molecule has 3 unspecified atom stereocenters. The van der Waals surface area contributed by atoms with Crippen LogP contribution < -0.4 is 0 Å². The molecule has 2 nitrogen and oxygen atoms in total. The number of rotatable bonds is 5. The summed E-state index contributed by atoms with van der Waals surface area (Å²) in [6, 6.07) is 3.90. The lowest BCUT2D eigenvalue weighted by Gasteiger charge is -2.21. The first-order chi connectivity index (χ1) is 8.49. The lowest BCUT2D eigenvalue weighted by molar-refractivity contribution is 0.120. The quantitative estimate of drug-likeness (QED) is 0.874. The van der Waals surface area contributed by atoms with Gasteiger partial charge in [0.2, 0.25) is 0 Å². The van der Waals surface area contributed by atoms with Crippen molar-refractivity contribution in [3.05, 3.63) is 35.4 Å². The summed E-state index contributed by atoms with van der Waals surface area (Å²) in [7, 11) is 1.89. The third-order valence-corrected chi connectivity index (χ3v) is 3.65. The molecule has 0 amide bonds. The van der Waals surface area contributed by atoms with E-state index in [1.165, 1.54) is 18.6 Å². The third-order valence-electron chi connectivity index (χ3n) is 3.65. The number of hydrogen-bond donors (Lipinski definition) is 1. The zero-order chi connectivity index (χ0) is 13.3. The molecule has 1 fully saturated rings. The monoisotopic (exact) mass is 255 g/mol. The Morgan fingerprint density at radius 3 is 2.72 bits per heavy atom. The van der Waals surface area contributed by atoms with Crippen molar-refractivity contribution < 1.29 is 13.9 Å². The van der Waals surface area contributed by atoms with Gasteiger partial charge in [0.25, 0.3) is 0 Å². The predicted molar refractivity (Wildman–Crippen MR) is 66.1 cm³/mol. The van der Waals surface area contributed by atoms with E-state index >= 15 is 0 Å². The highest BCUT2D eigenvalue weighted by molar-refractivity contribution is 5.21.